The van der Waals surface area contributed by atoms with Crippen LogP contribution in [0.15, 0.2) is 18.2 Å². The third-order valence-electron chi connectivity index (χ3n) is 3.12. The highest BCUT2D eigenvalue weighted by Crippen LogP contribution is 2.24. The van der Waals surface area contributed by atoms with Crippen molar-refractivity contribution < 1.29 is 34.1 Å². The largest absolute Gasteiger partial charge is 0.481 e. The number of carboxylic acids is 2. The zero-order chi connectivity index (χ0) is 19.7. The number of amides is 1. The first-order chi connectivity index (χ1) is 12.2. The summed E-state index contributed by atoms with van der Waals surface area (Å²) in [5.41, 5.74) is 0.421. The van der Waals surface area contributed by atoms with Crippen LogP contribution in [0.25, 0.3) is 0 Å². The fourth-order valence-electron chi connectivity index (χ4n) is 1.97. The lowest BCUT2D eigenvalue weighted by atomic mass is 10.1. The lowest BCUT2D eigenvalue weighted by Crippen LogP contribution is -2.41. The first kappa shape index (κ1) is 20.5. The fraction of sp³-hybridized carbons (Fsp3) is 0.294. The van der Waals surface area contributed by atoms with Crippen molar-refractivity contribution >= 4 is 29.5 Å². The summed E-state index contributed by atoms with van der Waals surface area (Å²) in [5.74, 6) is -1.77. The molecule has 0 aliphatic rings. The number of rotatable bonds is 9. The van der Waals surface area contributed by atoms with Gasteiger partial charge in [0, 0.05) is 25.1 Å². The molecule has 0 bridgehead atoms. The monoisotopic (exact) mass is 362 g/mol. The van der Waals surface area contributed by atoms with Crippen LogP contribution >= 0.6 is 0 Å². The number of benzene rings is 1. The van der Waals surface area contributed by atoms with E-state index < -0.39 is 36.3 Å². The molecule has 1 rings (SSSR count). The molecule has 9 heteroatoms. The Hall–Kier alpha value is -3.54. The van der Waals surface area contributed by atoms with E-state index in [0.717, 1.165) is 6.92 Å². The Morgan fingerprint density at radius 3 is 2.50 bits per heavy atom. The molecule has 1 atom stereocenters. The Kier molecular flexibility index (Phi) is 7.64. The quantitative estimate of drug-likeness (QED) is 0.286. The van der Waals surface area contributed by atoms with Crippen molar-refractivity contribution in [1.29, 1.82) is 0 Å². The number of nitrogens with one attached hydrogen (secondary N) is 2. The van der Waals surface area contributed by atoms with Crippen LogP contribution in [0.2, 0.25) is 0 Å². The zero-order valence-corrected chi connectivity index (χ0v) is 13.9. The number of hydrogen-bond donors (Lipinski definition) is 4. The van der Waals surface area contributed by atoms with Crippen molar-refractivity contribution in [2.75, 3.05) is 11.9 Å². The standard InChI is InChI=1S/C17H18N2O7/c1-3-8-18-11-4-5-12(14(9-11)26-10(2)20)16(23)19-13(17(24)25)6-7-15(21)22/h1,4-5,9,13,18H,6-8H2,2H3,(H,19,23)(H,21,22)(H,24,25)/t13-/m1/s1. The highest BCUT2D eigenvalue weighted by atomic mass is 16.5. The molecule has 0 radical (unpaired) electrons. The van der Waals surface area contributed by atoms with Gasteiger partial charge in [-0.1, -0.05) is 5.92 Å². The molecule has 26 heavy (non-hydrogen) atoms. The lowest BCUT2D eigenvalue weighted by molar-refractivity contribution is -0.140. The average molecular weight is 362 g/mol. The molecule has 1 amide bonds. The molecule has 0 spiro atoms. The highest BCUT2D eigenvalue weighted by Gasteiger charge is 2.24. The summed E-state index contributed by atoms with van der Waals surface area (Å²) in [5, 5.41) is 22.8. The van der Waals surface area contributed by atoms with Gasteiger partial charge in [-0.2, -0.15) is 0 Å². The van der Waals surface area contributed by atoms with E-state index in [4.69, 9.17) is 21.4 Å². The topological polar surface area (TPSA) is 142 Å². The van der Waals surface area contributed by atoms with E-state index in [2.05, 4.69) is 16.6 Å². The van der Waals surface area contributed by atoms with Crippen LogP contribution in [-0.2, 0) is 14.4 Å². The molecule has 0 heterocycles. The second-order valence-corrected chi connectivity index (χ2v) is 5.16. The predicted molar refractivity (Wildman–Crippen MR) is 90.8 cm³/mol. The molecule has 1 aromatic rings. The number of carboxylic acid groups (broad SMARTS) is 2. The Morgan fingerprint density at radius 1 is 1.27 bits per heavy atom. The second-order valence-electron chi connectivity index (χ2n) is 5.16. The number of anilines is 1. The first-order valence-corrected chi connectivity index (χ1v) is 7.49. The molecule has 138 valence electrons. The van der Waals surface area contributed by atoms with Gasteiger partial charge in [0.1, 0.15) is 11.8 Å². The Balaban J connectivity index is 3.04. The van der Waals surface area contributed by atoms with Gasteiger partial charge in [0.05, 0.1) is 12.1 Å². The third-order valence-corrected chi connectivity index (χ3v) is 3.12. The van der Waals surface area contributed by atoms with Gasteiger partial charge in [0.2, 0.25) is 0 Å². The molecule has 9 nitrogen and oxygen atoms in total. The van der Waals surface area contributed by atoms with Crippen molar-refractivity contribution in [3.05, 3.63) is 23.8 Å². The van der Waals surface area contributed by atoms with Crippen LogP contribution in [0.5, 0.6) is 5.75 Å². The van der Waals surface area contributed by atoms with E-state index in [9.17, 15) is 19.2 Å². The molecule has 0 fully saturated rings. The number of terminal acetylenes is 1. The maximum atomic E-state index is 12.4. The van der Waals surface area contributed by atoms with E-state index in [1.54, 1.807) is 0 Å². The summed E-state index contributed by atoms with van der Waals surface area (Å²) in [6, 6.07) is 2.82. The maximum absolute atomic E-state index is 12.4. The van der Waals surface area contributed by atoms with E-state index in [-0.39, 0.29) is 24.3 Å². The summed E-state index contributed by atoms with van der Waals surface area (Å²) in [7, 11) is 0. The molecular formula is C17H18N2O7. The molecule has 0 aromatic heterocycles. The minimum atomic E-state index is -1.40. The van der Waals surface area contributed by atoms with Crippen LogP contribution < -0.4 is 15.4 Å². The molecule has 1 aromatic carbocycles. The number of hydrogen-bond acceptors (Lipinski definition) is 6. The van der Waals surface area contributed by atoms with Crippen LogP contribution in [0, 0.1) is 12.3 Å². The summed E-state index contributed by atoms with van der Waals surface area (Å²) >= 11 is 0. The highest BCUT2D eigenvalue weighted by molar-refractivity contribution is 6.00. The SMILES string of the molecule is C#CCNc1ccc(C(=O)N[C@H](CCC(=O)O)C(=O)O)c(OC(C)=O)c1. The third kappa shape index (κ3) is 6.52. The molecule has 0 saturated carbocycles. The Bertz CT molecular complexity index is 752. The van der Waals surface area contributed by atoms with Gasteiger partial charge in [-0.15, -0.1) is 6.42 Å². The number of ether oxygens (including phenoxy) is 1. The van der Waals surface area contributed by atoms with Gasteiger partial charge in [0.15, 0.2) is 0 Å². The van der Waals surface area contributed by atoms with Crippen LogP contribution in [-0.4, -0.2) is 46.6 Å². The van der Waals surface area contributed by atoms with E-state index in [0.29, 0.717) is 5.69 Å². The summed E-state index contributed by atoms with van der Waals surface area (Å²) in [6.07, 6.45) is 4.43. The van der Waals surface area contributed by atoms with E-state index in [1.165, 1.54) is 18.2 Å². The number of esters is 1. The van der Waals surface area contributed by atoms with Gasteiger partial charge in [-0.25, -0.2) is 4.79 Å². The minimum Gasteiger partial charge on any atom is -0.481 e. The smallest absolute Gasteiger partial charge is 0.326 e. The number of carbonyl (C=O) groups is 4. The molecule has 0 aliphatic heterocycles. The van der Waals surface area contributed by atoms with Gasteiger partial charge < -0.3 is 25.6 Å². The Morgan fingerprint density at radius 2 is 1.96 bits per heavy atom. The van der Waals surface area contributed by atoms with Crippen LogP contribution in [0.3, 0.4) is 0 Å². The maximum Gasteiger partial charge on any atom is 0.326 e. The molecule has 0 unspecified atom stereocenters. The van der Waals surface area contributed by atoms with Crippen molar-refractivity contribution in [1.82, 2.24) is 5.32 Å². The van der Waals surface area contributed by atoms with Crippen LogP contribution in [0.4, 0.5) is 5.69 Å². The molecule has 0 aliphatic carbocycles. The van der Waals surface area contributed by atoms with Crippen molar-refractivity contribution in [3.8, 4) is 18.1 Å². The van der Waals surface area contributed by atoms with Gasteiger partial charge >= 0.3 is 17.9 Å². The first-order valence-electron chi connectivity index (χ1n) is 7.49. The second kappa shape index (κ2) is 9.68. The van der Waals surface area contributed by atoms with E-state index >= 15 is 0 Å². The van der Waals surface area contributed by atoms with Crippen LogP contribution in [0.1, 0.15) is 30.1 Å². The minimum absolute atomic E-state index is 0.0759. The van der Waals surface area contributed by atoms with Crippen molar-refractivity contribution in [2.24, 2.45) is 0 Å². The number of carbonyl (C=O) groups excluding carboxylic acids is 2. The molecule has 4 N–H and O–H groups in total. The van der Waals surface area contributed by atoms with Gasteiger partial charge in [-0.05, 0) is 18.6 Å². The summed E-state index contributed by atoms with van der Waals surface area (Å²) in [6.45, 7) is 1.36. The fourth-order valence-corrected chi connectivity index (χ4v) is 1.97. The van der Waals surface area contributed by atoms with Gasteiger partial charge in [0.25, 0.3) is 5.91 Å². The average Bonchev–Trinajstić information content (AvgIpc) is 2.55. The number of aliphatic carboxylic acids is 2. The van der Waals surface area contributed by atoms with Gasteiger partial charge in [-0.3, -0.25) is 14.4 Å². The summed E-state index contributed by atoms with van der Waals surface area (Å²) in [4.78, 5) is 45.4. The predicted octanol–water partition coefficient (Wildman–Crippen LogP) is 0.705. The Labute approximate surface area is 149 Å². The molecule has 0 saturated heterocycles. The van der Waals surface area contributed by atoms with E-state index in [1.807, 2.05) is 0 Å². The van der Waals surface area contributed by atoms with Crippen molar-refractivity contribution in [2.45, 2.75) is 25.8 Å². The normalized spacial score (nSPS) is 10.9. The lowest BCUT2D eigenvalue weighted by Gasteiger charge is -2.16. The molecular weight excluding hydrogens is 344 g/mol. The van der Waals surface area contributed by atoms with Crippen molar-refractivity contribution in [3.63, 3.8) is 0 Å². The summed E-state index contributed by atoms with van der Waals surface area (Å²) < 4.78 is 4.99. The zero-order valence-electron chi connectivity index (χ0n) is 13.9.